The summed E-state index contributed by atoms with van der Waals surface area (Å²) in [6.07, 6.45) is 5.55. The first-order chi connectivity index (χ1) is 9.63. The molecule has 1 fully saturated rings. The van der Waals surface area contributed by atoms with Gasteiger partial charge in [-0.15, -0.1) is 11.3 Å². The Balaban J connectivity index is 2.04. The number of aromatic nitrogens is 1. The van der Waals surface area contributed by atoms with Crippen LogP contribution in [0.2, 0.25) is 0 Å². The fourth-order valence-corrected chi connectivity index (χ4v) is 3.54. The molecule has 1 aliphatic carbocycles. The third-order valence-corrected chi connectivity index (χ3v) is 4.78. The first kappa shape index (κ1) is 15.0. The third-order valence-electron chi connectivity index (χ3n) is 3.89. The fourth-order valence-electron chi connectivity index (χ4n) is 2.76. The van der Waals surface area contributed by atoms with E-state index in [1.54, 1.807) is 6.20 Å². The topological polar surface area (TPSA) is 79.3 Å². The van der Waals surface area contributed by atoms with Crippen LogP contribution in [0.4, 0.5) is 0 Å². The molecule has 6 heteroatoms. The molecular formula is C14H20N2O3S. The molecule has 0 spiro atoms. The minimum absolute atomic E-state index is 0.112. The quantitative estimate of drug-likeness (QED) is 0.875. The summed E-state index contributed by atoms with van der Waals surface area (Å²) in [4.78, 5) is 27.9. The highest BCUT2D eigenvalue weighted by Gasteiger charge is 2.36. The molecular weight excluding hydrogens is 276 g/mol. The monoisotopic (exact) mass is 296 g/mol. The molecule has 110 valence electrons. The Bertz CT molecular complexity index is 461. The van der Waals surface area contributed by atoms with Gasteiger partial charge in [-0.25, -0.2) is 4.98 Å². The van der Waals surface area contributed by atoms with Crippen LogP contribution >= 0.6 is 11.3 Å². The maximum Gasteiger partial charge on any atom is 0.307 e. The van der Waals surface area contributed by atoms with Gasteiger partial charge in [0.15, 0.2) is 0 Å². The predicted molar refractivity (Wildman–Crippen MR) is 76.4 cm³/mol. The standard InChI is InChI=1S/C14H20N2O3S/c1-2-11(13-15-7-8-20-13)16-12(17)9-5-3-4-6-10(9)14(18)19/h7-11H,2-6H2,1H3,(H,16,17)(H,18,19). The second kappa shape index (κ2) is 6.83. The summed E-state index contributed by atoms with van der Waals surface area (Å²) in [6, 6.07) is -0.112. The summed E-state index contributed by atoms with van der Waals surface area (Å²) in [7, 11) is 0. The van der Waals surface area contributed by atoms with Crippen molar-refractivity contribution in [2.45, 2.75) is 45.1 Å². The number of nitrogens with one attached hydrogen (secondary N) is 1. The largest absolute Gasteiger partial charge is 0.481 e. The molecule has 5 nitrogen and oxygen atoms in total. The number of hydrogen-bond donors (Lipinski definition) is 2. The maximum atomic E-state index is 12.4. The van der Waals surface area contributed by atoms with E-state index in [4.69, 9.17) is 0 Å². The second-order valence-electron chi connectivity index (χ2n) is 5.18. The molecule has 1 saturated carbocycles. The van der Waals surface area contributed by atoms with E-state index in [1.165, 1.54) is 11.3 Å². The van der Waals surface area contributed by atoms with Crippen LogP contribution in [0.5, 0.6) is 0 Å². The zero-order valence-corrected chi connectivity index (χ0v) is 12.4. The smallest absolute Gasteiger partial charge is 0.307 e. The van der Waals surface area contributed by atoms with Crippen molar-refractivity contribution >= 4 is 23.2 Å². The average Bonchev–Trinajstić information content (AvgIpc) is 2.98. The van der Waals surface area contributed by atoms with Crippen LogP contribution in [0.1, 0.15) is 50.1 Å². The lowest BCUT2D eigenvalue weighted by Crippen LogP contribution is -2.41. The Morgan fingerprint density at radius 1 is 1.45 bits per heavy atom. The van der Waals surface area contributed by atoms with Gasteiger partial charge in [0, 0.05) is 11.6 Å². The molecule has 0 radical (unpaired) electrons. The predicted octanol–water partition coefficient (Wildman–Crippen LogP) is 2.60. The fraction of sp³-hybridized carbons (Fsp3) is 0.643. The molecule has 2 rings (SSSR count). The summed E-state index contributed by atoms with van der Waals surface area (Å²) < 4.78 is 0. The van der Waals surface area contributed by atoms with Crippen LogP contribution in [0, 0.1) is 11.8 Å². The van der Waals surface area contributed by atoms with Crippen molar-refractivity contribution in [1.82, 2.24) is 10.3 Å². The first-order valence-corrected chi connectivity index (χ1v) is 7.94. The number of carboxylic acid groups (broad SMARTS) is 1. The van der Waals surface area contributed by atoms with E-state index in [0.717, 1.165) is 24.3 Å². The van der Waals surface area contributed by atoms with Gasteiger partial charge in [-0.2, -0.15) is 0 Å². The van der Waals surface area contributed by atoms with Crippen LogP contribution in [-0.4, -0.2) is 22.0 Å². The van der Waals surface area contributed by atoms with Crippen molar-refractivity contribution in [3.8, 4) is 0 Å². The Labute approximate surface area is 122 Å². The van der Waals surface area contributed by atoms with Crippen molar-refractivity contribution in [2.24, 2.45) is 11.8 Å². The van der Waals surface area contributed by atoms with Gasteiger partial charge >= 0.3 is 5.97 Å². The van der Waals surface area contributed by atoms with E-state index < -0.39 is 17.8 Å². The van der Waals surface area contributed by atoms with Gasteiger partial charge in [0.05, 0.1) is 17.9 Å². The summed E-state index contributed by atoms with van der Waals surface area (Å²) >= 11 is 1.51. The summed E-state index contributed by atoms with van der Waals surface area (Å²) in [5.41, 5.74) is 0. The lowest BCUT2D eigenvalue weighted by atomic mass is 9.78. The molecule has 3 atom stereocenters. The third kappa shape index (κ3) is 3.36. The van der Waals surface area contributed by atoms with E-state index in [1.807, 2.05) is 12.3 Å². The van der Waals surface area contributed by atoms with Crippen molar-refractivity contribution in [3.05, 3.63) is 16.6 Å². The van der Waals surface area contributed by atoms with Crippen LogP contribution in [0.3, 0.4) is 0 Å². The number of hydrogen-bond acceptors (Lipinski definition) is 4. The van der Waals surface area contributed by atoms with Crippen LogP contribution in [-0.2, 0) is 9.59 Å². The SMILES string of the molecule is CCC(NC(=O)C1CCCCC1C(=O)O)c1nccs1. The molecule has 1 heterocycles. The number of carbonyl (C=O) groups excluding carboxylic acids is 1. The molecule has 0 aromatic carbocycles. The molecule has 0 aliphatic heterocycles. The van der Waals surface area contributed by atoms with Gasteiger partial charge in [0.1, 0.15) is 5.01 Å². The van der Waals surface area contributed by atoms with Crippen molar-refractivity contribution in [2.75, 3.05) is 0 Å². The van der Waals surface area contributed by atoms with E-state index in [2.05, 4.69) is 10.3 Å². The Morgan fingerprint density at radius 3 is 2.70 bits per heavy atom. The van der Waals surface area contributed by atoms with Crippen LogP contribution in [0.15, 0.2) is 11.6 Å². The lowest BCUT2D eigenvalue weighted by molar-refractivity contribution is -0.149. The van der Waals surface area contributed by atoms with Crippen LogP contribution in [0.25, 0.3) is 0 Å². The van der Waals surface area contributed by atoms with Crippen LogP contribution < -0.4 is 5.32 Å². The van der Waals surface area contributed by atoms with Crippen molar-refractivity contribution in [3.63, 3.8) is 0 Å². The zero-order valence-electron chi connectivity index (χ0n) is 11.5. The van der Waals surface area contributed by atoms with E-state index in [-0.39, 0.29) is 11.9 Å². The number of carbonyl (C=O) groups is 2. The second-order valence-corrected chi connectivity index (χ2v) is 6.10. The first-order valence-electron chi connectivity index (χ1n) is 7.06. The minimum Gasteiger partial charge on any atom is -0.481 e. The number of aliphatic carboxylic acids is 1. The molecule has 20 heavy (non-hydrogen) atoms. The van der Waals surface area contributed by atoms with E-state index in [0.29, 0.717) is 12.8 Å². The molecule has 3 unspecified atom stereocenters. The van der Waals surface area contributed by atoms with E-state index >= 15 is 0 Å². The highest BCUT2D eigenvalue weighted by molar-refractivity contribution is 7.09. The van der Waals surface area contributed by atoms with Crippen molar-refractivity contribution in [1.29, 1.82) is 0 Å². The van der Waals surface area contributed by atoms with Gasteiger partial charge in [0.2, 0.25) is 5.91 Å². The molecule has 1 amide bonds. The molecule has 0 saturated heterocycles. The number of nitrogens with zero attached hydrogens (tertiary/aromatic N) is 1. The van der Waals surface area contributed by atoms with Gasteiger partial charge in [-0.3, -0.25) is 9.59 Å². The zero-order chi connectivity index (χ0) is 14.5. The molecule has 1 aromatic rings. The average molecular weight is 296 g/mol. The molecule has 1 aromatic heterocycles. The van der Waals surface area contributed by atoms with Gasteiger partial charge in [-0.05, 0) is 19.3 Å². The normalized spacial score (nSPS) is 24.1. The highest BCUT2D eigenvalue weighted by atomic mass is 32.1. The summed E-state index contributed by atoms with van der Waals surface area (Å²) in [5.74, 6) is -1.95. The Morgan fingerprint density at radius 2 is 2.15 bits per heavy atom. The van der Waals surface area contributed by atoms with Gasteiger partial charge < -0.3 is 10.4 Å². The lowest BCUT2D eigenvalue weighted by Gasteiger charge is -2.28. The van der Waals surface area contributed by atoms with E-state index in [9.17, 15) is 14.7 Å². The number of carboxylic acids is 1. The van der Waals surface area contributed by atoms with Gasteiger partial charge in [-0.1, -0.05) is 19.8 Å². The highest BCUT2D eigenvalue weighted by Crippen LogP contribution is 2.31. The molecule has 1 aliphatic rings. The molecule has 2 N–H and O–H groups in total. The van der Waals surface area contributed by atoms with Gasteiger partial charge in [0.25, 0.3) is 0 Å². The number of amides is 1. The number of thiazole rings is 1. The maximum absolute atomic E-state index is 12.4. The Kier molecular flexibility index (Phi) is 5.11. The number of rotatable bonds is 5. The summed E-state index contributed by atoms with van der Waals surface area (Å²) in [5, 5.41) is 15.0. The molecule has 0 bridgehead atoms. The minimum atomic E-state index is -0.854. The van der Waals surface area contributed by atoms with Crippen molar-refractivity contribution < 1.29 is 14.7 Å². The Hall–Kier alpha value is -1.43. The summed E-state index contributed by atoms with van der Waals surface area (Å²) in [6.45, 7) is 1.99.